The molecular weight excluding hydrogens is 146 g/mol. The summed E-state index contributed by atoms with van der Waals surface area (Å²) in [6, 6.07) is 0.424. The maximum atomic E-state index is 3.96. The zero-order chi connectivity index (χ0) is 8.55. The highest BCUT2D eigenvalue weighted by molar-refractivity contribution is 5.28. The van der Waals surface area contributed by atoms with E-state index in [0.29, 0.717) is 12.0 Å². The molecule has 0 fully saturated rings. The van der Waals surface area contributed by atoms with Gasteiger partial charge in [-0.1, -0.05) is 11.8 Å². The third-order valence-electron chi connectivity index (χ3n) is 2.55. The molecule has 0 bridgehead atoms. The van der Waals surface area contributed by atoms with E-state index in [1.807, 2.05) is 10.7 Å². The van der Waals surface area contributed by atoms with Gasteiger partial charge in [-0.25, -0.2) is 4.58 Å². The van der Waals surface area contributed by atoms with Crippen LogP contribution >= 0.6 is 0 Å². The van der Waals surface area contributed by atoms with Crippen LogP contribution < -0.4 is 0 Å². The highest BCUT2D eigenvalue weighted by atomic mass is 15.0. The molecule has 1 heterocycles. The summed E-state index contributed by atoms with van der Waals surface area (Å²) in [4.78, 5) is 0. The van der Waals surface area contributed by atoms with Crippen LogP contribution in [0.4, 0.5) is 0 Å². The second-order valence-electron chi connectivity index (χ2n) is 3.37. The average molecular weight is 158 g/mol. The Hall–Kier alpha value is -1.29. The second-order valence-corrected chi connectivity index (χ2v) is 3.37. The molecule has 2 unspecified atom stereocenters. The Morgan fingerprint density at radius 2 is 2.50 bits per heavy atom. The minimum Gasteiger partial charge on any atom is -0.205 e. The summed E-state index contributed by atoms with van der Waals surface area (Å²) in [5, 5.41) is 0. The summed E-state index contributed by atoms with van der Waals surface area (Å²) in [6.07, 6.45) is 7.17. The number of hydrogen-bond donors (Lipinski definition) is 0. The van der Waals surface area contributed by atoms with Gasteiger partial charge in [0, 0.05) is 12.0 Å². The van der Waals surface area contributed by atoms with E-state index in [0.717, 1.165) is 6.42 Å². The second kappa shape index (κ2) is 2.64. The summed E-state index contributed by atoms with van der Waals surface area (Å²) in [6.45, 7) is 6.12. The molecule has 0 saturated carbocycles. The van der Waals surface area contributed by atoms with Crippen molar-refractivity contribution >= 4 is 6.72 Å². The Kier molecular flexibility index (Phi) is 1.62. The summed E-state index contributed by atoms with van der Waals surface area (Å²) in [7, 11) is 0. The fourth-order valence-electron chi connectivity index (χ4n) is 1.84. The van der Waals surface area contributed by atoms with Crippen molar-refractivity contribution < 1.29 is 4.58 Å². The van der Waals surface area contributed by atoms with Gasteiger partial charge < -0.3 is 0 Å². The van der Waals surface area contributed by atoms with Gasteiger partial charge in [-0.2, -0.15) is 0 Å². The van der Waals surface area contributed by atoms with Gasteiger partial charge in [0.25, 0.3) is 0 Å². The molecule has 0 spiro atoms. The number of hydrogen-bond acceptors (Lipinski definition) is 0. The predicted octanol–water partition coefficient (Wildman–Crippen LogP) is 1.56. The minimum atomic E-state index is 0.424. The first-order valence-electron chi connectivity index (χ1n) is 4.21. The molecule has 0 aromatic heterocycles. The van der Waals surface area contributed by atoms with Gasteiger partial charge in [-0.05, 0) is 19.1 Å². The average Bonchev–Trinajstić information content (AvgIpc) is 2.29. The Balaban J connectivity index is 2.36. The van der Waals surface area contributed by atoms with Crippen LogP contribution in [-0.2, 0) is 0 Å². The van der Waals surface area contributed by atoms with Crippen molar-refractivity contribution in [2.24, 2.45) is 5.92 Å². The van der Waals surface area contributed by atoms with Gasteiger partial charge in [-0.3, -0.25) is 0 Å². The Labute approximate surface area is 73.1 Å². The van der Waals surface area contributed by atoms with Crippen molar-refractivity contribution in [3.05, 3.63) is 23.9 Å². The van der Waals surface area contributed by atoms with Gasteiger partial charge in [0.2, 0.25) is 0 Å². The first-order valence-corrected chi connectivity index (χ1v) is 4.21. The molecule has 2 aliphatic rings. The molecule has 0 aromatic rings. The molecule has 0 radical (unpaired) electrons. The van der Waals surface area contributed by atoms with Gasteiger partial charge in [0.1, 0.15) is 6.72 Å². The van der Waals surface area contributed by atoms with E-state index in [-0.39, 0.29) is 0 Å². The van der Waals surface area contributed by atoms with Crippen LogP contribution in [-0.4, -0.2) is 17.3 Å². The molecule has 0 saturated heterocycles. The molecule has 0 aromatic carbocycles. The van der Waals surface area contributed by atoms with Gasteiger partial charge in [0.05, 0.1) is 5.92 Å². The normalized spacial score (nSPS) is 31.8. The van der Waals surface area contributed by atoms with E-state index in [2.05, 4.69) is 37.8 Å². The van der Waals surface area contributed by atoms with Crippen molar-refractivity contribution in [1.29, 1.82) is 0 Å². The molecule has 60 valence electrons. The zero-order valence-corrected chi connectivity index (χ0v) is 7.25. The summed E-state index contributed by atoms with van der Waals surface area (Å²) in [5.41, 5.74) is 1.40. The maximum Gasteiger partial charge on any atom is 0.184 e. The number of rotatable bonds is 0. The fraction of sp³-hybridized carbons (Fsp3) is 0.364. The summed E-state index contributed by atoms with van der Waals surface area (Å²) in [5.74, 6) is 6.71. The van der Waals surface area contributed by atoms with Gasteiger partial charge in [-0.15, -0.1) is 0 Å². The highest BCUT2D eigenvalue weighted by Gasteiger charge is 2.34. The molecule has 0 amide bonds. The van der Waals surface area contributed by atoms with E-state index in [1.54, 1.807) is 0 Å². The smallest absolute Gasteiger partial charge is 0.184 e. The lowest BCUT2D eigenvalue weighted by Crippen LogP contribution is -2.21. The van der Waals surface area contributed by atoms with Crippen molar-refractivity contribution in [3.63, 3.8) is 0 Å². The molecule has 0 N–H and O–H groups in total. The molecule has 1 nitrogen and oxygen atoms in total. The number of fused-ring (bicyclic) bond motifs is 1. The molecule has 12 heavy (non-hydrogen) atoms. The first kappa shape index (κ1) is 7.36. The first-order chi connectivity index (χ1) is 5.79. The van der Waals surface area contributed by atoms with E-state index in [1.165, 1.54) is 5.57 Å². The van der Waals surface area contributed by atoms with Crippen LogP contribution in [0.3, 0.4) is 0 Å². The molecule has 1 aliphatic heterocycles. The monoisotopic (exact) mass is 158 g/mol. The van der Waals surface area contributed by atoms with Crippen molar-refractivity contribution in [1.82, 2.24) is 0 Å². The Morgan fingerprint density at radius 3 is 3.33 bits per heavy atom. The van der Waals surface area contributed by atoms with Crippen LogP contribution in [0.1, 0.15) is 13.3 Å². The van der Waals surface area contributed by atoms with Crippen molar-refractivity contribution in [2.75, 3.05) is 0 Å². The molecule has 1 heteroatoms. The largest absolute Gasteiger partial charge is 0.205 e. The molecule has 2 rings (SSSR count). The SMILES string of the molecule is C=[N+]1C=C(C)C2CC#CC=CC21. The van der Waals surface area contributed by atoms with E-state index < -0.39 is 0 Å². The summed E-state index contributed by atoms with van der Waals surface area (Å²) >= 11 is 0. The standard InChI is InChI=1S/C11H12N/c1-9-8-12(2)11-7-5-3-4-6-10(9)11/h5,7-8,10-11H,2,6H2,1H3/q+1. The topological polar surface area (TPSA) is 3.01 Å². The van der Waals surface area contributed by atoms with Crippen LogP contribution in [0.15, 0.2) is 23.9 Å². The van der Waals surface area contributed by atoms with Crippen LogP contribution in [0, 0.1) is 17.8 Å². The summed E-state index contributed by atoms with van der Waals surface area (Å²) < 4.78 is 2.02. The van der Waals surface area contributed by atoms with Gasteiger partial charge >= 0.3 is 0 Å². The van der Waals surface area contributed by atoms with Crippen LogP contribution in [0.25, 0.3) is 0 Å². The van der Waals surface area contributed by atoms with E-state index in [9.17, 15) is 0 Å². The van der Waals surface area contributed by atoms with E-state index >= 15 is 0 Å². The molecule has 2 atom stereocenters. The molecule has 1 aliphatic carbocycles. The quantitative estimate of drug-likeness (QED) is 0.372. The lowest BCUT2D eigenvalue weighted by Gasteiger charge is -2.08. The lowest BCUT2D eigenvalue weighted by atomic mass is 9.93. The fourth-order valence-corrected chi connectivity index (χ4v) is 1.84. The number of allylic oxidation sites excluding steroid dienone is 1. The van der Waals surface area contributed by atoms with E-state index in [4.69, 9.17) is 0 Å². The van der Waals surface area contributed by atoms with Crippen LogP contribution in [0.5, 0.6) is 0 Å². The van der Waals surface area contributed by atoms with Crippen molar-refractivity contribution in [2.45, 2.75) is 19.4 Å². The highest BCUT2D eigenvalue weighted by Crippen LogP contribution is 2.28. The molecular formula is C11H12N+. The number of nitrogens with zero attached hydrogens (tertiary/aromatic N) is 1. The zero-order valence-electron chi connectivity index (χ0n) is 7.25. The Bertz CT molecular complexity index is 336. The third-order valence-corrected chi connectivity index (χ3v) is 2.55. The third kappa shape index (κ3) is 1.00. The van der Waals surface area contributed by atoms with Gasteiger partial charge in [0.15, 0.2) is 12.2 Å². The minimum absolute atomic E-state index is 0.424. The lowest BCUT2D eigenvalue weighted by molar-refractivity contribution is -0.473. The Morgan fingerprint density at radius 1 is 1.67 bits per heavy atom. The predicted molar refractivity (Wildman–Crippen MR) is 49.9 cm³/mol. The van der Waals surface area contributed by atoms with Crippen LogP contribution in [0.2, 0.25) is 0 Å². The van der Waals surface area contributed by atoms with Crippen molar-refractivity contribution in [3.8, 4) is 11.8 Å². The maximum absolute atomic E-state index is 3.96.